The SMILES string of the molecule is CC[C@@](C)(Nc1ccnc(-c2c[nH]c3ncc(Cl)cc23)n1)C(=O)NCC(F)(F)F. The Morgan fingerprint density at radius 2 is 2.07 bits per heavy atom. The molecular formula is C18H18ClF3N6O. The molecule has 0 unspecified atom stereocenters. The van der Waals surface area contributed by atoms with Gasteiger partial charge in [0.25, 0.3) is 0 Å². The first-order valence-electron chi connectivity index (χ1n) is 8.70. The molecule has 1 amide bonds. The molecular weight excluding hydrogens is 409 g/mol. The number of hydrogen-bond donors (Lipinski definition) is 3. The number of aromatic nitrogens is 4. The van der Waals surface area contributed by atoms with E-state index in [2.05, 4.69) is 25.3 Å². The van der Waals surface area contributed by atoms with Gasteiger partial charge in [-0.25, -0.2) is 15.0 Å². The molecule has 0 fully saturated rings. The molecule has 1 atom stereocenters. The Hall–Kier alpha value is -2.88. The van der Waals surface area contributed by atoms with Crippen molar-refractivity contribution in [2.45, 2.75) is 32.0 Å². The fourth-order valence-electron chi connectivity index (χ4n) is 2.68. The summed E-state index contributed by atoms with van der Waals surface area (Å²) in [6.45, 7) is 1.80. The molecule has 3 heterocycles. The minimum atomic E-state index is -4.49. The molecule has 0 aliphatic carbocycles. The van der Waals surface area contributed by atoms with Gasteiger partial charge in [0.1, 0.15) is 23.5 Å². The highest BCUT2D eigenvalue weighted by Gasteiger charge is 2.35. The molecule has 0 spiro atoms. The Morgan fingerprint density at radius 3 is 2.76 bits per heavy atom. The van der Waals surface area contributed by atoms with Crippen LogP contribution in [-0.2, 0) is 4.79 Å². The number of carbonyl (C=O) groups excluding carboxylic acids is 1. The van der Waals surface area contributed by atoms with E-state index < -0.39 is 24.2 Å². The maximum Gasteiger partial charge on any atom is 0.405 e. The number of fused-ring (bicyclic) bond motifs is 1. The van der Waals surface area contributed by atoms with Gasteiger partial charge in [0, 0.05) is 29.5 Å². The number of carbonyl (C=O) groups is 1. The van der Waals surface area contributed by atoms with E-state index in [9.17, 15) is 18.0 Å². The van der Waals surface area contributed by atoms with E-state index in [0.717, 1.165) is 5.39 Å². The number of H-pyrrole nitrogens is 1. The maximum absolute atomic E-state index is 12.4. The van der Waals surface area contributed by atoms with E-state index in [-0.39, 0.29) is 6.42 Å². The highest BCUT2D eigenvalue weighted by Crippen LogP contribution is 2.28. The first-order chi connectivity index (χ1) is 13.6. The van der Waals surface area contributed by atoms with E-state index in [0.29, 0.717) is 27.9 Å². The smallest absolute Gasteiger partial charge is 0.356 e. The topological polar surface area (TPSA) is 95.6 Å². The zero-order valence-corrected chi connectivity index (χ0v) is 16.3. The Kier molecular flexibility index (Phi) is 5.65. The van der Waals surface area contributed by atoms with Crippen LogP contribution in [-0.4, -0.2) is 44.1 Å². The number of aromatic amines is 1. The number of nitrogens with zero attached hydrogens (tertiary/aromatic N) is 3. The number of rotatable bonds is 6. The summed E-state index contributed by atoms with van der Waals surface area (Å²) in [6.07, 6.45) is 0.433. The van der Waals surface area contributed by atoms with Crippen molar-refractivity contribution in [3.63, 3.8) is 0 Å². The third kappa shape index (κ3) is 4.76. The van der Waals surface area contributed by atoms with E-state index in [1.54, 1.807) is 19.2 Å². The summed E-state index contributed by atoms with van der Waals surface area (Å²) >= 11 is 6.01. The standard InChI is InChI=1S/C18H18ClF3N6O/c1-3-17(2,16(29)26-9-18(20,21)22)28-13-4-5-23-15(27-13)12-8-25-14-11(12)6-10(19)7-24-14/h4-8H,3,9H2,1-2H3,(H,24,25)(H,26,29)(H,23,27,28)/t17-/m1/s1. The van der Waals surface area contributed by atoms with Crippen molar-refractivity contribution in [3.05, 3.63) is 35.7 Å². The Bertz CT molecular complexity index is 1040. The molecule has 0 aliphatic heterocycles. The van der Waals surface area contributed by atoms with Crippen molar-refractivity contribution in [2.75, 3.05) is 11.9 Å². The lowest BCUT2D eigenvalue weighted by atomic mass is 9.97. The lowest BCUT2D eigenvalue weighted by molar-refractivity contribution is -0.140. The Morgan fingerprint density at radius 1 is 1.31 bits per heavy atom. The second-order valence-corrected chi connectivity index (χ2v) is 7.06. The second kappa shape index (κ2) is 7.86. The van der Waals surface area contributed by atoms with Gasteiger partial charge < -0.3 is 15.6 Å². The van der Waals surface area contributed by atoms with Gasteiger partial charge in [0.2, 0.25) is 5.91 Å². The summed E-state index contributed by atoms with van der Waals surface area (Å²) in [4.78, 5) is 28.2. The Balaban J connectivity index is 1.86. The molecule has 11 heteroatoms. The minimum absolute atomic E-state index is 0.239. The van der Waals surface area contributed by atoms with Crippen LogP contribution in [0.2, 0.25) is 5.02 Å². The number of amides is 1. The molecule has 154 valence electrons. The molecule has 7 nitrogen and oxygen atoms in total. The first kappa shape index (κ1) is 20.8. The number of anilines is 1. The van der Waals surface area contributed by atoms with Crippen LogP contribution in [0.15, 0.2) is 30.7 Å². The van der Waals surface area contributed by atoms with Gasteiger partial charge in [0.15, 0.2) is 5.82 Å². The maximum atomic E-state index is 12.4. The summed E-state index contributed by atoms with van der Waals surface area (Å²) in [6, 6.07) is 3.26. The fraction of sp³-hybridized carbons (Fsp3) is 0.333. The van der Waals surface area contributed by atoms with Gasteiger partial charge in [-0.2, -0.15) is 13.2 Å². The molecule has 0 aromatic carbocycles. The highest BCUT2D eigenvalue weighted by molar-refractivity contribution is 6.31. The van der Waals surface area contributed by atoms with Crippen molar-refractivity contribution in [1.29, 1.82) is 0 Å². The highest BCUT2D eigenvalue weighted by atomic mass is 35.5. The van der Waals surface area contributed by atoms with E-state index in [4.69, 9.17) is 11.6 Å². The molecule has 0 radical (unpaired) electrons. The average Bonchev–Trinajstić information content (AvgIpc) is 3.08. The zero-order chi connectivity index (χ0) is 21.2. The van der Waals surface area contributed by atoms with Crippen molar-refractivity contribution < 1.29 is 18.0 Å². The van der Waals surface area contributed by atoms with Crippen LogP contribution in [0, 0.1) is 0 Å². The molecule has 0 bridgehead atoms. The number of halogens is 4. The predicted molar refractivity (Wildman–Crippen MR) is 104 cm³/mol. The first-order valence-corrected chi connectivity index (χ1v) is 9.08. The summed E-state index contributed by atoms with van der Waals surface area (Å²) in [5.41, 5.74) is -0.0308. The molecule has 3 rings (SSSR count). The number of pyridine rings is 1. The molecule has 0 saturated heterocycles. The Labute approximate surface area is 169 Å². The number of nitrogens with one attached hydrogen (secondary N) is 3. The summed E-state index contributed by atoms with van der Waals surface area (Å²) < 4.78 is 37.3. The normalized spacial score (nSPS) is 13.9. The van der Waals surface area contributed by atoms with E-state index in [1.807, 2.05) is 5.32 Å². The van der Waals surface area contributed by atoms with Crippen LogP contribution in [0.1, 0.15) is 20.3 Å². The van der Waals surface area contributed by atoms with Gasteiger partial charge in [0.05, 0.1) is 5.02 Å². The quantitative estimate of drug-likeness (QED) is 0.555. The molecule has 0 aliphatic rings. The van der Waals surface area contributed by atoms with Crippen molar-refractivity contribution >= 4 is 34.4 Å². The van der Waals surface area contributed by atoms with Gasteiger partial charge in [-0.3, -0.25) is 4.79 Å². The zero-order valence-electron chi connectivity index (χ0n) is 15.6. The third-order valence-corrected chi connectivity index (χ3v) is 4.66. The summed E-state index contributed by atoms with van der Waals surface area (Å²) in [7, 11) is 0. The summed E-state index contributed by atoms with van der Waals surface area (Å²) in [5.74, 6) is -0.133. The lowest BCUT2D eigenvalue weighted by Crippen LogP contribution is -2.52. The van der Waals surface area contributed by atoms with Gasteiger partial charge >= 0.3 is 6.18 Å². The van der Waals surface area contributed by atoms with Crippen molar-refractivity contribution in [1.82, 2.24) is 25.3 Å². The molecule has 29 heavy (non-hydrogen) atoms. The van der Waals surface area contributed by atoms with Crippen LogP contribution < -0.4 is 10.6 Å². The molecule has 3 N–H and O–H groups in total. The van der Waals surface area contributed by atoms with E-state index >= 15 is 0 Å². The van der Waals surface area contributed by atoms with Gasteiger partial charge in [-0.1, -0.05) is 18.5 Å². The largest absolute Gasteiger partial charge is 0.405 e. The molecule has 3 aromatic rings. The van der Waals surface area contributed by atoms with Gasteiger partial charge in [-0.15, -0.1) is 0 Å². The molecule has 0 saturated carbocycles. The van der Waals surface area contributed by atoms with Crippen LogP contribution >= 0.6 is 11.6 Å². The number of hydrogen-bond acceptors (Lipinski definition) is 5. The number of alkyl halides is 3. The van der Waals surface area contributed by atoms with Crippen molar-refractivity contribution in [3.8, 4) is 11.4 Å². The fourth-order valence-corrected chi connectivity index (χ4v) is 2.84. The van der Waals surface area contributed by atoms with Crippen molar-refractivity contribution in [2.24, 2.45) is 0 Å². The minimum Gasteiger partial charge on any atom is -0.356 e. The van der Waals surface area contributed by atoms with Crippen LogP contribution in [0.25, 0.3) is 22.4 Å². The van der Waals surface area contributed by atoms with Crippen LogP contribution in [0.3, 0.4) is 0 Å². The second-order valence-electron chi connectivity index (χ2n) is 6.63. The van der Waals surface area contributed by atoms with Gasteiger partial charge in [-0.05, 0) is 25.5 Å². The van der Waals surface area contributed by atoms with E-state index in [1.165, 1.54) is 25.4 Å². The van der Waals surface area contributed by atoms with Crippen LogP contribution in [0.5, 0.6) is 0 Å². The average molecular weight is 427 g/mol. The monoisotopic (exact) mass is 426 g/mol. The predicted octanol–water partition coefficient (Wildman–Crippen LogP) is 3.93. The summed E-state index contributed by atoms with van der Waals surface area (Å²) in [5, 5.41) is 6.00. The van der Waals surface area contributed by atoms with Crippen LogP contribution in [0.4, 0.5) is 19.0 Å². The third-order valence-electron chi connectivity index (χ3n) is 4.46. The lowest BCUT2D eigenvalue weighted by Gasteiger charge is -2.29. The molecule has 3 aromatic heterocycles.